The number of hydrogen-bond acceptors (Lipinski definition) is 5. The van der Waals surface area contributed by atoms with Gasteiger partial charge in [0.05, 0.1) is 25.4 Å². The summed E-state index contributed by atoms with van der Waals surface area (Å²) in [6, 6.07) is 15.6. The van der Waals surface area contributed by atoms with Crippen molar-refractivity contribution >= 4 is 34.6 Å². The van der Waals surface area contributed by atoms with Gasteiger partial charge in [-0.15, -0.1) is 0 Å². The molecule has 1 aliphatic rings. The van der Waals surface area contributed by atoms with Crippen molar-refractivity contribution in [2.24, 2.45) is 0 Å². The molecule has 0 amide bonds. The van der Waals surface area contributed by atoms with E-state index in [1.165, 1.54) is 27.8 Å². The van der Waals surface area contributed by atoms with Gasteiger partial charge >= 0.3 is 0 Å². The third-order valence-corrected chi connectivity index (χ3v) is 19.4. The Bertz CT molecular complexity index is 1330. The number of Topliss-reactive ketones (excluding diaryl/α,β-unsaturated/α-hetero) is 1. The zero-order valence-corrected chi connectivity index (χ0v) is 33.7. The molecule has 1 atom stereocenters. The first kappa shape index (κ1) is 39.6. The van der Waals surface area contributed by atoms with Crippen LogP contribution in [0.1, 0.15) is 115 Å². The predicted octanol–water partition coefficient (Wildman–Crippen LogP) is 11.1. The number of carbonyl (C=O) groups excluding carboxylic acids is 1. The van der Waals surface area contributed by atoms with Gasteiger partial charge in [-0.3, -0.25) is 4.79 Å². The SMILES string of the molecule is CC(C)(CCCCc1ccc(C=Cc2ccc(CO[Si](C)(C)C(C)(C)C)c(CO[Si](C)(C)C(C)(C)C)c2)cc1)OC1OCCCC1=O. The van der Waals surface area contributed by atoms with Gasteiger partial charge in [0.15, 0.2) is 22.4 Å². The number of benzene rings is 2. The molecule has 47 heavy (non-hydrogen) atoms. The van der Waals surface area contributed by atoms with E-state index in [0.29, 0.717) is 26.2 Å². The number of aryl methyl sites for hydroxylation is 1. The van der Waals surface area contributed by atoms with Gasteiger partial charge in [-0.05, 0) is 110 Å². The van der Waals surface area contributed by atoms with Crippen molar-refractivity contribution in [3.05, 3.63) is 70.3 Å². The van der Waals surface area contributed by atoms with E-state index in [2.05, 4.69) is 136 Å². The van der Waals surface area contributed by atoms with Crippen LogP contribution in [0, 0.1) is 0 Å². The number of ketones is 1. The molecule has 0 N–H and O–H groups in total. The van der Waals surface area contributed by atoms with Crippen LogP contribution in [0.5, 0.6) is 0 Å². The van der Waals surface area contributed by atoms with Gasteiger partial charge in [0, 0.05) is 6.42 Å². The van der Waals surface area contributed by atoms with E-state index in [4.69, 9.17) is 18.3 Å². The molecule has 2 aromatic rings. The summed E-state index contributed by atoms with van der Waals surface area (Å²) in [5, 5.41) is 0.326. The quantitative estimate of drug-likeness (QED) is 0.106. The number of unbranched alkanes of at least 4 members (excludes halogenated alkanes) is 1. The van der Waals surface area contributed by atoms with Gasteiger partial charge in [-0.2, -0.15) is 0 Å². The van der Waals surface area contributed by atoms with Gasteiger partial charge in [0.2, 0.25) is 6.29 Å². The zero-order valence-electron chi connectivity index (χ0n) is 31.7. The van der Waals surface area contributed by atoms with Crippen LogP contribution in [0.2, 0.25) is 36.3 Å². The summed E-state index contributed by atoms with van der Waals surface area (Å²) in [6.07, 6.45) is 9.08. The van der Waals surface area contributed by atoms with Crippen molar-refractivity contribution in [3.8, 4) is 0 Å². The Morgan fingerprint density at radius 2 is 1.32 bits per heavy atom. The predicted molar refractivity (Wildman–Crippen MR) is 202 cm³/mol. The molecule has 1 fully saturated rings. The molecule has 0 aliphatic carbocycles. The molecule has 0 saturated carbocycles. The third-order valence-electron chi connectivity index (χ3n) is 10.5. The minimum Gasteiger partial charge on any atom is -0.413 e. The van der Waals surface area contributed by atoms with E-state index in [1.54, 1.807) is 0 Å². The Morgan fingerprint density at radius 1 is 0.766 bits per heavy atom. The molecule has 1 aliphatic heterocycles. The molecule has 262 valence electrons. The number of carbonyl (C=O) groups is 1. The molecule has 1 saturated heterocycles. The first-order valence-electron chi connectivity index (χ1n) is 17.7. The average molecular weight is 681 g/mol. The van der Waals surface area contributed by atoms with Crippen LogP contribution in [-0.4, -0.2) is 40.9 Å². The van der Waals surface area contributed by atoms with Crippen LogP contribution in [0.25, 0.3) is 12.2 Å². The lowest BCUT2D eigenvalue weighted by molar-refractivity contribution is -0.212. The van der Waals surface area contributed by atoms with Crippen molar-refractivity contribution in [1.29, 1.82) is 0 Å². The smallest absolute Gasteiger partial charge is 0.218 e. The second kappa shape index (κ2) is 16.2. The Balaban J connectivity index is 1.61. The normalized spacial score (nSPS) is 17.1. The summed E-state index contributed by atoms with van der Waals surface area (Å²) in [5.41, 5.74) is 5.76. The average Bonchev–Trinajstić information content (AvgIpc) is 2.97. The van der Waals surface area contributed by atoms with Crippen molar-refractivity contribution in [3.63, 3.8) is 0 Å². The van der Waals surface area contributed by atoms with Gasteiger partial charge in [0.1, 0.15) is 0 Å². The lowest BCUT2D eigenvalue weighted by Crippen LogP contribution is -2.41. The number of rotatable bonds is 15. The molecule has 2 aromatic carbocycles. The second-order valence-electron chi connectivity index (χ2n) is 17.1. The summed E-state index contributed by atoms with van der Waals surface area (Å²) < 4.78 is 24.9. The maximum atomic E-state index is 12.1. The number of hydrogen-bond donors (Lipinski definition) is 0. The number of ether oxygens (including phenoxy) is 2. The summed E-state index contributed by atoms with van der Waals surface area (Å²) in [7, 11) is -3.78. The first-order chi connectivity index (χ1) is 21.7. The highest BCUT2D eigenvalue weighted by Gasteiger charge is 2.38. The van der Waals surface area contributed by atoms with E-state index < -0.39 is 22.9 Å². The Labute approximate surface area is 289 Å². The minimum atomic E-state index is -1.90. The van der Waals surface area contributed by atoms with E-state index >= 15 is 0 Å². The fraction of sp³-hybridized carbons (Fsp3) is 0.625. The lowest BCUT2D eigenvalue weighted by atomic mass is 9.98. The van der Waals surface area contributed by atoms with Crippen LogP contribution in [-0.2, 0) is 42.8 Å². The Kier molecular flexibility index (Phi) is 13.7. The van der Waals surface area contributed by atoms with Crippen LogP contribution in [0.3, 0.4) is 0 Å². The summed E-state index contributed by atoms with van der Waals surface area (Å²) in [5.74, 6) is 0.0678. The van der Waals surface area contributed by atoms with Crippen LogP contribution in [0.4, 0.5) is 0 Å². The van der Waals surface area contributed by atoms with E-state index in [9.17, 15) is 4.79 Å². The van der Waals surface area contributed by atoms with E-state index in [-0.39, 0.29) is 21.5 Å². The molecule has 5 nitrogen and oxygen atoms in total. The van der Waals surface area contributed by atoms with Crippen LogP contribution >= 0.6 is 0 Å². The Hall–Kier alpha value is -1.88. The minimum absolute atomic E-state index is 0.0678. The highest BCUT2D eigenvalue weighted by molar-refractivity contribution is 6.74. The molecule has 0 aromatic heterocycles. The van der Waals surface area contributed by atoms with E-state index in [0.717, 1.165) is 32.1 Å². The van der Waals surface area contributed by atoms with Crippen LogP contribution < -0.4 is 0 Å². The maximum absolute atomic E-state index is 12.1. The fourth-order valence-electron chi connectivity index (χ4n) is 4.94. The highest BCUT2D eigenvalue weighted by atomic mass is 28.4. The van der Waals surface area contributed by atoms with Gasteiger partial charge < -0.3 is 18.3 Å². The molecule has 3 rings (SSSR count). The largest absolute Gasteiger partial charge is 0.413 e. The highest BCUT2D eigenvalue weighted by Crippen LogP contribution is 2.39. The summed E-state index contributed by atoms with van der Waals surface area (Å²) >= 11 is 0. The molecule has 0 bridgehead atoms. The van der Waals surface area contributed by atoms with Crippen LogP contribution in [0.15, 0.2) is 42.5 Å². The third kappa shape index (κ3) is 12.2. The fourth-order valence-corrected chi connectivity index (χ4v) is 6.84. The molecular formula is C40H64O5Si2. The first-order valence-corrected chi connectivity index (χ1v) is 23.5. The van der Waals surface area contributed by atoms with Crippen molar-refractivity contribution in [1.82, 2.24) is 0 Å². The second-order valence-corrected chi connectivity index (χ2v) is 26.7. The van der Waals surface area contributed by atoms with E-state index in [1.807, 2.05) is 0 Å². The maximum Gasteiger partial charge on any atom is 0.218 e. The van der Waals surface area contributed by atoms with Gasteiger partial charge in [-0.1, -0.05) is 96.5 Å². The van der Waals surface area contributed by atoms with Gasteiger partial charge in [0.25, 0.3) is 0 Å². The molecule has 7 heteroatoms. The summed E-state index contributed by atoms with van der Waals surface area (Å²) in [6.45, 7) is 29.0. The van der Waals surface area contributed by atoms with Crippen molar-refractivity contribution < 1.29 is 23.1 Å². The van der Waals surface area contributed by atoms with Crippen molar-refractivity contribution in [2.75, 3.05) is 6.61 Å². The molecule has 1 heterocycles. The molecule has 0 radical (unpaired) electrons. The molecule has 0 spiro atoms. The lowest BCUT2D eigenvalue weighted by Gasteiger charge is -2.37. The summed E-state index contributed by atoms with van der Waals surface area (Å²) in [4.78, 5) is 12.1. The topological polar surface area (TPSA) is 54.0 Å². The monoisotopic (exact) mass is 680 g/mol. The Morgan fingerprint density at radius 3 is 1.89 bits per heavy atom. The molecule has 1 unspecified atom stereocenters. The van der Waals surface area contributed by atoms with Gasteiger partial charge in [-0.25, -0.2) is 0 Å². The zero-order chi connectivity index (χ0) is 35.1. The van der Waals surface area contributed by atoms with Crippen molar-refractivity contribution in [2.45, 2.75) is 155 Å². The standard InChI is InChI=1S/C40H64O5Si2/c1-38(2,3)46(9,10)43-29-34-25-24-33(28-35(34)30-44-47(11,12)39(4,5)6)23-22-32-20-18-31(19-21-32)16-13-14-26-40(7,8)45-37-36(41)17-15-27-42-37/h18-25,28,37H,13-17,26-27,29-30H2,1-12H3. The molecular weight excluding hydrogens is 617 g/mol.